The molecule has 108 valence electrons. The highest BCUT2D eigenvalue weighted by Gasteiger charge is 2.31. The molecule has 0 aliphatic heterocycles. The van der Waals surface area contributed by atoms with Crippen LogP contribution >= 0.6 is 0 Å². The molecule has 2 aromatic rings. The van der Waals surface area contributed by atoms with Gasteiger partial charge >= 0.3 is 6.36 Å². The molecule has 0 aliphatic carbocycles. The normalized spacial score (nSPS) is 11.0. The van der Waals surface area contributed by atoms with Crippen LogP contribution in [0.5, 0.6) is 5.75 Å². The van der Waals surface area contributed by atoms with Crippen LogP contribution in [0.2, 0.25) is 0 Å². The molecule has 0 N–H and O–H groups in total. The molecule has 2 nitrogen and oxygen atoms in total. The van der Waals surface area contributed by atoms with E-state index < -0.39 is 6.36 Å². The number of benzene rings is 2. The fraction of sp³-hybridized carbons (Fsp3) is 0.188. The maximum atomic E-state index is 12.3. The highest BCUT2D eigenvalue weighted by molar-refractivity contribution is 5.73. The molecule has 0 atom stereocenters. The van der Waals surface area contributed by atoms with Gasteiger partial charge in [0.2, 0.25) is 0 Å². The third kappa shape index (κ3) is 3.76. The predicted octanol–water partition coefficient (Wildman–Crippen LogP) is 4.74. The molecule has 0 bridgehead atoms. The molecule has 0 unspecified atom stereocenters. The van der Waals surface area contributed by atoms with Gasteiger partial charge in [0.05, 0.1) is 11.6 Å². The number of ether oxygens (including phenoxy) is 1. The van der Waals surface area contributed by atoms with Gasteiger partial charge in [-0.05, 0) is 37.6 Å². The van der Waals surface area contributed by atoms with Crippen molar-refractivity contribution in [1.82, 2.24) is 0 Å². The van der Waals surface area contributed by atoms with Gasteiger partial charge in [-0.3, -0.25) is 0 Å². The standard InChI is InChI=1S/C16H12F3NO/c1-10-5-11(2)7-13(6-10)15-8-14(21-16(17,18)19)4-3-12(15)9-20/h3-8H,1-2H3. The minimum absolute atomic E-state index is 0.300. The van der Waals surface area contributed by atoms with E-state index in [0.717, 1.165) is 17.2 Å². The van der Waals surface area contributed by atoms with Gasteiger partial charge in [-0.15, -0.1) is 13.2 Å². The SMILES string of the molecule is Cc1cc(C)cc(-c2cc(OC(F)(F)F)ccc2C#N)c1. The first kappa shape index (κ1) is 14.9. The smallest absolute Gasteiger partial charge is 0.406 e. The molecule has 0 heterocycles. The lowest BCUT2D eigenvalue weighted by molar-refractivity contribution is -0.274. The van der Waals surface area contributed by atoms with Crippen LogP contribution in [0.3, 0.4) is 0 Å². The maximum Gasteiger partial charge on any atom is 0.573 e. The Balaban J connectivity index is 2.55. The highest BCUT2D eigenvalue weighted by Crippen LogP contribution is 2.31. The van der Waals surface area contributed by atoms with E-state index >= 15 is 0 Å². The molecule has 0 fully saturated rings. The summed E-state index contributed by atoms with van der Waals surface area (Å²) >= 11 is 0. The Morgan fingerprint density at radius 3 is 2.14 bits per heavy atom. The summed E-state index contributed by atoms with van der Waals surface area (Å²) in [6, 6.07) is 11.3. The summed E-state index contributed by atoms with van der Waals surface area (Å²) in [6.45, 7) is 3.78. The van der Waals surface area contributed by atoms with Crippen LogP contribution in [0.1, 0.15) is 16.7 Å². The van der Waals surface area contributed by atoms with Crippen LogP contribution in [-0.4, -0.2) is 6.36 Å². The Labute approximate surface area is 120 Å². The first-order valence-electron chi connectivity index (χ1n) is 6.17. The van der Waals surface area contributed by atoms with Gasteiger partial charge in [0, 0.05) is 5.56 Å². The van der Waals surface area contributed by atoms with Crippen LogP contribution in [0, 0.1) is 25.2 Å². The molecular formula is C16H12F3NO. The summed E-state index contributed by atoms with van der Waals surface area (Å²) in [5, 5.41) is 9.13. The third-order valence-electron chi connectivity index (χ3n) is 2.88. The molecule has 21 heavy (non-hydrogen) atoms. The van der Waals surface area contributed by atoms with Crippen LogP contribution in [0.25, 0.3) is 11.1 Å². The molecule has 0 radical (unpaired) electrons. The Morgan fingerprint density at radius 1 is 1.00 bits per heavy atom. The van der Waals surface area contributed by atoms with Crippen molar-refractivity contribution in [3.63, 3.8) is 0 Å². The molecule has 0 spiro atoms. The van der Waals surface area contributed by atoms with Crippen molar-refractivity contribution in [3.05, 3.63) is 53.1 Å². The Morgan fingerprint density at radius 2 is 1.62 bits per heavy atom. The predicted molar refractivity (Wildman–Crippen MR) is 72.8 cm³/mol. The van der Waals surface area contributed by atoms with Gasteiger partial charge in [0.25, 0.3) is 0 Å². The lowest BCUT2D eigenvalue weighted by Crippen LogP contribution is -2.17. The van der Waals surface area contributed by atoms with Crippen molar-refractivity contribution in [2.75, 3.05) is 0 Å². The summed E-state index contributed by atoms with van der Waals surface area (Å²) < 4.78 is 40.8. The molecule has 5 heteroatoms. The second-order valence-electron chi connectivity index (χ2n) is 4.74. The lowest BCUT2D eigenvalue weighted by atomic mass is 9.97. The van der Waals surface area contributed by atoms with E-state index in [1.54, 1.807) is 0 Å². The van der Waals surface area contributed by atoms with Gasteiger partial charge in [0.1, 0.15) is 5.75 Å². The Hall–Kier alpha value is -2.48. The van der Waals surface area contributed by atoms with Crippen molar-refractivity contribution < 1.29 is 17.9 Å². The third-order valence-corrected chi connectivity index (χ3v) is 2.88. The van der Waals surface area contributed by atoms with Crippen LogP contribution < -0.4 is 4.74 Å². The molecule has 0 aliphatic rings. The molecule has 0 aromatic heterocycles. The van der Waals surface area contributed by atoms with Crippen molar-refractivity contribution in [3.8, 4) is 22.9 Å². The van der Waals surface area contributed by atoms with Gasteiger partial charge in [-0.25, -0.2) is 0 Å². The average molecular weight is 291 g/mol. The number of hydrogen-bond donors (Lipinski definition) is 0. The fourth-order valence-electron chi connectivity index (χ4n) is 2.19. The van der Waals surface area contributed by atoms with Crippen molar-refractivity contribution in [1.29, 1.82) is 5.26 Å². The zero-order chi connectivity index (χ0) is 15.6. The van der Waals surface area contributed by atoms with Crippen LogP contribution in [-0.2, 0) is 0 Å². The first-order valence-corrected chi connectivity index (χ1v) is 6.17. The van der Waals surface area contributed by atoms with E-state index in [0.29, 0.717) is 16.7 Å². The lowest BCUT2D eigenvalue weighted by Gasteiger charge is -2.12. The van der Waals surface area contributed by atoms with E-state index in [1.807, 2.05) is 38.1 Å². The summed E-state index contributed by atoms with van der Waals surface area (Å²) in [7, 11) is 0. The number of nitrogens with zero attached hydrogens (tertiary/aromatic N) is 1. The van der Waals surface area contributed by atoms with E-state index in [-0.39, 0.29) is 5.75 Å². The summed E-state index contributed by atoms with van der Waals surface area (Å²) in [5.41, 5.74) is 3.35. The van der Waals surface area contributed by atoms with E-state index in [1.165, 1.54) is 12.1 Å². The number of hydrogen-bond acceptors (Lipinski definition) is 2. The van der Waals surface area contributed by atoms with Crippen molar-refractivity contribution in [2.24, 2.45) is 0 Å². The molecular weight excluding hydrogens is 279 g/mol. The van der Waals surface area contributed by atoms with Gasteiger partial charge in [0.15, 0.2) is 0 Å². The second kappa shape index (κ2) is 5.49. The van der Waals surface area contributed by atoms with Gasteiger partial charge < -0.3 is 4.74 Å². The average Bonchev–Trinajstić information content (AvgIpc) is 2.35. The maximum absolute atomic E-state index is 12.3. The molecule has 0 amide bonds. The molecule has 2 aromatic carbocycles. The minimum atomic E-state index is -4.76. The Kier molecular flexibility index (Phi) is 3.90. The van der Waals surface area contributed by atoms with Crippen molar-refractivity contribution >= 4 is 0 Å². The van der Waals surface area contributed by atoms with Crippen LogP contribution in [0.4, 0.5) is 13.2 Å². The fourth-order valence-corrected chi connectivity index (χ4v) is 2.19. The number of halogens is 3. The number of aryl methyl sites for hydroxylation is 2. The zero-order valence-electron chi connectivity index (χ0n) is 11.5. The molecule has 0 saturated heterocycles. The largest absolute Gasteiger partial charge is 0.573 e. The highest BCUT2D eigenvalue weighted by atomic mass is 19.4. The number of alkyl halides is 3. The number of nitriles is 1. The molecule has 0 saturated carbocycles. The van der Waals surface area contributed by atoms with E-state index in [4.69, 9.17) is 5.26 Å². The van der Waals surface area contributed by atoms with E-state index in [9.17, 15) is 13.2 Å². The molecule has 2 rings (SSSR count). The second-order valence-corrected chi connectivity index (χ2v) is 4.74. The quantitative estimate of drug-likeness (QED) is 0.800. The number of rotatable bonds is 2. The van der Waals surface area contributed by atoms with Crippen LogP contribution in [0.15, 0.2) is 36.4 Å². The Bertz CT molecular complexity index is 694. The zero-order valence-corrected chi connectivity index (χ0v) is 11.5. The topological polar surface area (TPSA) is 33.0 Å². The first-order chi connectivity index (χ1) is 9.78. The summed E-state index contributed by atoms with van der Waals surface area (Å²) in [5.74, 6) is -0.337. The van der Waals surface area contributed by atoms with Gasteiger partial charge in [-0.1, -0.05) is 29.3 Å². The van der Waals surface area contributed by atoms with Crippen molar-refractivity contribution in [2.45, 2.75) is 20.2 Å². The summed E-state index contributed by atoms with van der Waals surface area (Å²) in [4.78, 5) is 0. The monoisotopic (exact) mass is 291 g/mol. The minimum Gasteiger partial charge on any atom is -0.406 e. The summed E-state index contributed by atoms with van der Waals surface area (Å²) in [6.07, 6.45) is -4.76. The van der Waals surface area contributed by atoms with E-state index in [2.05, 4.69) is 4.74 Å². The van der Waals surface area contributed by atoms with Gasteiger partial charge in [-0.2, -0.15) is 5.26 Å².